The fourth-order valence-corrected chi connectivity index (χ4v) is 3.25. The number of thiocarbonyl (C=S) groups is 1. The van der Waals surface area contributed by atoms with Gasteiger partial charge in [0.05, 0.1) is 16.9 Å². The molecule has 0 unspecified atom stereocenters. The number of carboxylic acid groups (broad SMARTS) is 2. The van der Waals surface area contributed by atoms with E-state index >= 15 is 0 Å². The summed E-state index contributed by atoms with van der Waals surface area (Å²) in [5.74, 6) is -4.58. The second-order valence-electron chi connectivity index (χ2n) is 4.51. The Labute approximate surface area is 139 Å². The van der Waals surface area contributed by atoms with Crippen LogP contribution in [0.1, 0.15) is 12.0 Å². The fraction of sp³-hybridized carbons (Fsp3) is 0.143. The number of hydrogen-bond donors (Lipinski definition) is 0. The number of rotatable bonds is 5. The maximum Gasteiger partial charge on any atom is 0.266 e. The molecule has 0 aliphatic carbocycles. The SMILES string of the molecule is O=C([O-])C[C@H](C(=O)[O-])N1C(=O)/C(=C/c2ccc(F)cc2)SC1=S. The lowest BCUT2D eigenvalue weighted by Gasteiger charge is -2.27. The molecule has 0 radical (unpaired) electrons. The summed E-state index contributed by atoms with van der Waals surface area (Å²) >= 11 is 5.77. The Balaban J connectivity index is 2.30. The number of hydrogen-bond acceptors (Lipinski definition) is 7. The lowest BCUT2D eigenvalue weighted by Crippen LogP contribution is -2.52. The average Bonchev–Trinajstić information content (AvgIpc) is 2.73. The summed E-state index contributed by atoms with van der Waals surface area (Å²) in [6, 6.07) is 3.52. The van der Waals surface area contributed by atoms with E-state index in [-0.39, 0.29) is 9.23 Å². The third-order valence-corrected chi connectivity index (χ3v) is 4.27. The zero-order valence-electron chi connectivity index (χ0n) is 11.4. The van der Waals surface area contributed by atoms with Crippen LogP contribution in [0.4, 0.5) is 4.39 Å². The van der Waals surface area contributed by atoms with Crippen molar-refractivity contribution >= 4 is 52.2 Å². The van der Waals surface area contributed by atoms with Gasteiger partial charge in [-0.05, 0) is 23.8 Å². The van der Waals surface area contributed by atoms with Crippen molar-refractivity contribution in [3.63, 3.8) is 0 Å². The van der Waals surface area contributed by atoms with Gasteiger partial charge in [-0.2, -0.15) is 0 Å². The van der Waals surface area contributed by atoms with Crippen molar-refractivity contribution in [1.82, 2.24) is 4.90 Å². The maximum atomic E-state index is 12.9. The van der Waals surface area contributed by atoms with Crippen LogP contribution in [-0.2, 0) is 14.4 Å². The van der Waals surface area contributed by atoms with E-state index in [1.807, 2.05) is 0 Å². The van der Waals surface area contributed by atoms with E-state index in [0.29, 0.717) is 10.5 Å². The first-order valence-corrected chi connectivity index (χ1v) is 7.45. The van der Waals surface area contributed by atoms with Gasteiger partial charge in [-0.15, -0.1) is 0 Å². The van der Waals surface area contributed by atoms with Crippen molar-refractivity contribution in [2.75, 3.05) is 0 Å². The molecule has 1 aromatic carbocycles. The summed E-state index contributed by atoms with van der Waals surface area (Å²) in [4.78, 5) is 34.8. The van der Waals surface area contributed by atoms with Crippen LogP contribution >= 0.6 is 24.0 Å². The number of thioether (sulfide) groups is 1. The van der Waals surface area contributed by atoms with Gasteiger partial charge in [0.1, 0.15) is 10.1 Å². The third kappa shape index (κ3) is 3.93. The van der Waals surface area contributed by atoms with Gasteiger partial charge in [-0.1, -0.05) is 36.1 Å². The minimum absolute atomic E-state index is 0.0983. The lowest BCUT2D eigenvalue weighted by atomic mass is 10.1. The van der Waals surface area contributed by atoms with Crippen LogP contribution < -0.4 is 10.2 Å². The molecular weight excluding hydrogens is 345 g/mol. The number of carbonyl (C=O) groups is 3. The average molecular weight is 353 g/mol. The number of benzene rings is 1. The first-order chi connectivity index (χ1) is 10.8. The molecule has 0 bridgehead atoms. The topological polar surface area (TPSA) is 101 Å². The van der Waals surface area contributed by atoms with E-state index in [2.05, 4.69) is 0 Å². The molecule has 9 heteroatoms. The highest BCUT2D eigenvalue weighted by Crippen LogP contribution is 2.34. The molecular formula is C14H8FNO5S2-2. The van der Waals surface area contributed by atoms with Crippen LogP contribution in [0.3, 0.4) is 0 Å². The van der Waals surface area contributed by atoms with Crippen LogP contribution in [0, 0.1) is 5.82 Å². The zero-order chi connectivity index (χ0) is 17.1. The highest BCUT2D eigenvalue weighted by molar-refractivity contribution is 8.26. The van der Waals surface area contributed by atoms with E-state index in [1.54, 1.807) is 0 Å². The minimum Gasteiger partial charge on any atom is -0.550 e. The standard InChI is InChI=1S/C14H10FNO5S2/c15-8-3-1-7(2-4-8)5-10-12(19)16(14(22)23-10)9(13(20)21)6-11(17)18/h1-5,9H,6H2,(H,17,18)(H,20,21)/p-2/b10-5-/t9-/m1/s1. The Kier molecular flexibility index (Phi) is 5.12. The number of carboxylic acids is 2. The molecule has 1 aromatic rings. The van der Waals surface area contributed by atoms with Gasteiger partial charge in [0.15, 0.2) is 0 Å². The Morgan fingerprint density at radius 1 is 1.30 bits per heavy atom. The highest BCUT2D eigenvalue weighted by atomic mass is 32.2. The maximum absolute atomic E-state index is 12.9. The molecule has 120 valence electrons. The van der Waals surface area contributed by atoms with Crippen molar-refractivity contribution in [3.8, 4) is 0 Å². The molecule has 23 heavy (non-hydrogen) atoms. The van der Waals surface area contributed by atoms with Crippen molar-refractivity contribution < 1.29 is 29.0 Å². The molecule has 1 atom stereocenters. The first kappa shape index (κ1) is 17.1. The monoisotopic (exact) mass is 353 g/mol. The molecule has 0 aromatic heterocycles. The van der Waals surface area contributed by atoms with Gasteiger partial charge in [0, 0.05) is 12.4 Å². The van der Waals surface area contributed by atoms with Gasteiger partial charge in [0.2, 0.25) is 0 Å². The third-order valence-electron chi connectivity index (χ3n) is 2.94. The summed E-state index contributed by atoms with van der Waals surface area (Å²) in [5.41, 5.74) is 0.511. The van der Waals surface area contributed by atoms with E-state index in [4.69, 9.17) is 12.2 Å². The van der Waals surface area contributed by atoms with Gasteiger partial charge in [-0.3, -0.25) is 9.69 Å². The molecule has 0 spiro atoms. The summed E-state index contributed by atoms with van der Waals surface area (Å²) < 4.78 is 12.8. The Morgan fingerprint density at radius 3 is 2.43 bits per heavy atom. The summed E-state index contributed by atoms with van der Waals surface area (Å²) in [7, 11) is 0. The second kappa shape index (κ2) is 6.88. The second-order valence-corrected chi connectivity index (χ2v) is 6.19. The molecule has 6 nitrogen and oxygen atoms in total. The van der Waals surface area contributed by atoms with Gasteiger partial charge in [-0.25, -0.2) is 4.39 Å². The zero-order valence-corrected chi connectivity index (χ0v) is 13.0. The highest BCUT2D eigenvalue weighted by Gasteiger charge is 2.37. The molecule has 1 heterocycles. The summed E-state index contributed by atoms with van der Waals surface area (Å²) in [6.45, 7) is 0. The molecule has 2 rings (SSSR count). The van der Waals surface area contributed by atoms with Crippen LogP contribution in [0.2, 0.25) is 0 Å². The first-order valence-electron chi connectivity index (χ1n) is 6.23. The molecule has 1 fully saturated rings. The van der Waals surface area contributed by atoms with E-state index in [9.17, 15) is 29.0 Å². The Bertz CT molecular complexity index is 716. The Morgan fingerprint density at radius 2 is 1.91 bits per heavy atom. The van der Waals surface area contributed by atoms with E-state index in [1.165, 1.54) is 30.3 Å². The lowest BCUT2D eigenvalue weighted by molar-refractivity contribution is -0.319. The van der Waals surface area contributed by atoms with Crippen molar-refractivity contribution in [2.24, 2.45) is 0 Å². The normalized spacial score (nSPS) is 17.6. The van der Waals surface area contributed by atoms with Crippen molar-refractivity contribution in [2.45, 2.75) is 12.5 Å². The predicted octanol–water partition coefficient (Wildman–Crippen LogP) is -0.715. The fourth-order valence-electron chi connectivity index (χ4n) is 1.90. The number of carbonyl (C=O) groups excluding carboxylic acids is 3. The molecule has 0 N–H and O–H groups in total. The van der Waals surface area contributed by atoms with Gasteiger partial charge in [0.25, 0.3) is 5.91 Å². The predicted molar refractivity (Wildman–Crippen MR) is 79.8 cm³/mol. The quantitative estimate of drug-likeness (QED) is 0.509. The van der Waals surface area contributed by atoms with Gasteiger partial charge < -0.3 is 19.8 Å². The van der Waals surface area contributed by atoms with Crippen LogP contribution in [0.15, 0.2) is 29.2 Å². The Hall–Kier alpha value is -2.26. The molecule has 1 aliphatic rings. The molecule has 1 amide bonds. The molecule has 0 saturated carbocycles. The van der Waals surface area contributed by atoms with Crippen LogP contribution in [0.5, 0.6) is 0 Å². The summed E-state index contributed by atoms with van der Waals surface area (Å²) in [5, 5.41) is 21.7. The number of aliphatic carboxylic acids is 2. The summed E-state index contributed by atoms with van der Waals surface area (Å²) in [6.07, 6.45) is 0.475. The van der Waals surface area contributed by atoms with E-state index in [0.717, 1.165) is 11.8 Å². The molecule has 1 aliphatic heterocycles. The van der Waals surface area contributed by atoms with Crippen molar-refractivity contribution in [3.05, 3.63) is 40.6 Å². The molecule has 1 saturated heterocycles. The van der Waals surface area contributed by atoms with Gasteiger partial charge >= 0.3 is 0 Å². The largest absolute Gasteiger partial charge is 0.550 e. The number of amides is 1. The van der Waals surface area contributed by atoms with Crippen LogP contribution in [0.25, 0.3) is 6.08 Å². The minimum atomic E-state index is -1.74. The van der Waals surface area contributed by atoms with E-state index < -0.39 is 36.1 Å². The number of halogens is 1. The van der Waals surface area contributed by atoms with Crippen molar-refractivity contribution in [1.29, 1.82) is 0 Å². The van der Waals surface area contributed by atoms with Crippen LogP contribution in [-0.4, -0.2) is 33.1 Å². The smallest absolute Gasteiger partial charge is 0.266 e. The number of nitrogens with zero attached hydrogens (tertiary/aromatic N) is 1.